The van der Waals surface area contributed by atoms with Crippen molar-refractivity contribution < 1.29 is 14.4 Å². The van der Waals surface area contributed by atoms with Crippen LogP contribution in [-0.4, -0.2) is 47.3 Å². The summed E-state index contributed by atoms with van der Waals surface area (Å²) in [5.41, 5.74) is 0.985. The van der Waals surface area contributed by atoms with E-state index in [9.17, 15) is 14.4 Å². The van der Waals surface area contributed by atoms with Crippen molar-refractivity contribution in [1.29, 1.82) is 0 Å². The Morgan fingerprint density at radius 2 is 1.79 bits per heavy atom. The van der Waals surface area contributed by atoms with E-state index >= 15 is 0 Å². The molecule has 3 amide bonds. The molecular weight excluding hydrogens is 372 g/mol. The summed E-state index contributed by atoms with van der Waals surface area (Å²) in [4.78, 5) is 45.9. The second-order valence-corrected chi connectivity index (χ2v) is 6.92. The van der Waals surface area contributed by atoms with Crippen LogP contribution in [0.5, 0.6) is 0 Å². The van der Waals surface area contributed by atoms with Gasteiger partial charge in [0.05, 0.1) is 6.20 Å². The van der Waals surface area contributed by atoms with Crippen LogP contribution in [0.1, 0.15) is 19.8 Å². The molecule has 1 aliphatic rings. The number of carbonyl (C=O) groups is 3. The number of nitrogens with one attached hydrogen (secondary N) is 3. The molecule has 1 fully saturated rings. The van der Waals surface area contributed by atoms with Crippen LogP contribution in [-0.2, 0) is 14.4 Å². The Morgan fingerprint density at radius 3 is 2.45 bits per heavy atom. The minimum Gasteiger partial charge on any atom is -0.355 e. The number of piperidine rings is 1. The predicted octanol–water partition coefficient (Wildman–Crippen LogP) is 1.41. The zero-order chi connectivity index (χ0) is 20.6. The van der Waals surface area contributed by atoms with Crippen molar-refractivity contribution >= 4 is 34.9 Å². The average molecular weight is 396 g/mol. The number of carbonyl (C=O) groups excluding carboxylic acids is 3. The number of hydrogen-bond donors (Lipinski definition) is 3. The second kappa shape index (κ2) is 9.63. The molecule has 9 nitrogen and oxygen atoms in total. The highest BCUT2D eigenvalue weighted by Gasteiger charge is 2.22. The Kier molecular flexibility index (Phi) is 6.72. The highest BCUT2D eigenvalue weighted by atomic mass is 16.2. The lowest BCUT2D eigenvalue weighted by Crippen LogP contribution is -2.42. The van der Waals surface area contributed by atoms with Crippen LogP contribution in [0.4, 0.5) is 17.2 Å². The Bertz CT molecular complexity index is 866. The highest BCUT2D eigenvalue weighted by Crippen LogP contribution is 2.20. The van der Waals surface area contributed by atoms with Gasteiger partial charge in [-0.3, -0.25) is 19.4 Å². The number of hydrogen-bond acceptors (Lipinski definition) is 6. The molecule has 0 radical (unpaired) electrons. The van der Waals surface area contributed by atoms with Crippen molar-refractivity contribution in [2.75, 3.05) is 35.2 Å². The third-order valence-corrected chi connectivity index (χ3v) is 4.69. The summed E-state index contributed by atoms with van der Waals surface area (Å²) in [7, 11) is 0. The van der Waals surface area contributed by atoms with Crippen LogP contribution in [0.3, 0.4) is 0 Å². The number of aromatic nitrogens is 2. The van der Waals surface area contributed by atoms with E-state index in [4.69, 9.17) is 0 Å². The van der Waals surface area contributed by atoms with Crippen molar-refractivity contribution in [1.82, 2.24) is 15.3 Å². The summed E-state index contributed by atoms with van der Waals surface area (Å²) in [5, 5.41) is 7.88. The van der Waals surface area contributed by atoms with Crippen LogP contribution in [0, 0.1) is 5.92 Å². The molecule has 3 N–H and O–H groups in total. The van der Waals surface area contributed by atoms with Gasteiger partial charge in [0.25, 0.3) is 0 Å². The molecule has 1 saturated heterocycles. The fourth-order valence-electron chi connectivity index (χ4n) is 3.20. The summed E-state index contributed by atoms with van der Waals surface area (Å²) in [6, 6.07) is 6.63. The first-order chi connectivity index (χ1) is 14.0. The fraction of sp³-hybridized carbons (Fsp3) is 0.350. The summed E-state index contributed by atoms with van der Waals surface area (Å²) in [6.45, 7) is 3.52. The lowest BCUT2D eigenvalue weighted by molar-refractivity contribution is -0.136. The molecule has 1 aromatic heterocycles. The third kappa shape index (κ3) is 6.00. The van der Waals surface area contributed by atoms with Crippen LogP contribution >= 0.6 is 0 Å². The monoisotopic (exact) mass is 396 g/mol. The number of benzene rings is 1. The molecule has 29 heavy (non-hydrogen) atoms. The van der Waals surface area contributed by atoms with Gasteiger partial charge in [-0.2, -0.15) is 0 Å². The molecule has 2 aromatic rings. The van der Waals surface area contributed by atoms with Gasteiger partial charge in [-0.15, -0.1) is 0 Å². The minimum absolute atomic E-state index is 0.212. The van der Waals surface area contributed by atoms with E-state index in [0.29, 0.717) is 23.8 Å². The molecule has 0 aliphatic carbocycles. The van der Waals surface area contributed by atoms with Crippen molar-refractivity contribution in [3.63, 3.8) is 0 Å². The zero-order valence-electron chi connectivity index (χ0n) is 16.2. The SMILES string of the molecule is CC(=O)Nc1cccc(NC(=O)C(=O)NCC2CCN(c3cnccn3)CC2)c1. The first-order valence-electron chi connectivity index (χ1n) is 9.49. The standard InChI is InChI=1S/C20H24N6O3/c1-14(27)24-16-3-2-4-17(11-16)25-20(29)19(28)23-12-15-5-9-26(10-6-15)18-13-21-7-8-22-18/h2-4,7-8,11,13,15H,5-6,9-10,12H2,1H3,(H,23,28)(H,24,27)(H,25,29). The molecule has 0 atom stereocenters. The van der Waals surface area contributed by atoms with Crippen LogP contribution in [0.2, 0.25) is 0 Å². The molecule has 1 aromatic carbocycles. The fourth-order valence-corrected chi connectivity index (χ4v) is 3.20. The van der Waals surface area contributed by atoms with E-state index in [-0.39, 0.29) is 5.91 Å². The van der Waals surface area contributed by atoms with E-state index in [2.05, 4.69) is 30.8 Å². The van der Waals surface area contributed by atoms with Crippen molar-refractivity contribution in [2.24, 2.45) is 5.92 Å². The van der Waals surface area contributed by atoms with Crippen molar-refractivity contribution in [3.05, 3.63) is 42.9 Å². The lowest BCUT2D eigenvalue weighted by atomic mass is 9.97. The molecule has 152 valence electrons. The van der Waals surface area contributed by atoms with Crippen LogP contribution in [0.15, 0.2) is 42.9 Å². The van der Waals surface area contributed by atoms with E-state index in [0.717, 1.165) is 31.7 Å². The Labute approximate surface area is 168 Å². The molecule has 0 saturated carbocycles. The largest absolute Gasteiger partial charge is 0.355 e. The molecule has 3 rings (SSSR count). The molecule has 0 spiro atoms. The Balaban J connectivity index is 1.43. The van der Waals surface area contributed by atoms with Gasteiger partial charge in [0, 0.05) is 50.3 Å². The molecule has 1 aliphatic heterocycles. The summed E-state index contributed by atoms with van der Waals surface area (Å²) in [5.74, 6) is -0.455. The maximum atomic E-state index is 12.1. The Morgan fingerprint density at radius 1 is 1.07 bits per heavy atom. The molecular formula is C20H24N6O3. The topological polar surface area (TPSA) is 116 Å². The van der Waals surface area contributed by atoms with Crippen molar-refractivity contribution in [2.45, 2.75) is 19.8 Å². The van der Waals surface area contributed by atoms with Gasteiger partial charge in [-0.1, -0.05) is 6.07 Å². The van der Waals surface area contributed by atoms with E-state index in [1.165, 1.54) is 6.92 Å². The van der Waals surface area contributed by atoms with E-state index in [1.807, 2.05) is 0 Å². The summed E-state index contributed by atoms with van der Waals surface area (Å²) in [6.07, 6.45) is 6.86. The number of anilines is 3. The lowest BCUT2D eigenvalue weighted by Gasteiger charge is -2.32. The minimum atomic E-state index is -0.734. The van der Waals surface area contributed by atoms with E-state index < -0.39 is 11.8 Å². The van der Waals surface area contributed by atoms with Gasteiger partial charge in [-0.05, 0) is 37.0 Å². The van der Waals surface area contributed by atoms with Gasteiger partial charge in [0.15, 0.2) is 0 Å². The third-order valence-electron chi connectivity index (χ3n) is 4.69. The maximum Gasteiger partial charge on any atom is 0.313 e. The normalized spacial score (nSPS) is 14.2. The van der Waals surface area contributed by atoms with Crippen LogP contribution < -0.4 is 20.9 Å². The number of nitrogens with zero attached hydrogens (tertiary/aromatic N) is 3. The van der Waals surface area contributed by atoms with Gasteiger partial charge >= 0.3 is 11.8 Å². The molecule has 9 heteroatoms. The zero-order valence-corrected chi connectivity index (χ0v) is 16.2. The van der Waals surface area contributed by atoms with E-state index in [1.54, 1.807) is 42.9 Å². The first-order valence-corrected chi connectivity index (χ1v) is 9.49. The Hall–Kier alpha value is -3.49. The molecule has 0 bridgehead atoms. The summed E-state index contributed by atoms with van der Waals surface area (Å²) < 4.78 is 0. The maximum absolute atomic E-state index is 12.1. The number of rotatable bonds is 5. The predicted molar refractivity (Wildman–Crippen MR) is 109 cm³/mol. The van der Waals surface area contributed by atoms with Gasteiger partial charge in [0.2, 0.25) is 5.91 Å². The molecule has 2 heterocycles. The van der Waals surface area contributed by atoms with Gasteiger partial charge < -0.3 is 20.9 Å². The second-order valence-electron chi connectivity index (χ2n) is 6.92. The van der Waals surface area contributed by atoms with Gasteiger partial charge in [0.1, 0.15) is 5.82 Å². The quantitative estimate of drug-likeness (QED) is 0.658. The first kappa shape index (κ1) is 20.2. The molecule has 0 unspecified atom stereocenters. The van der Waals surface area contributed by atoms with Gasteiger partial charge in [-0.25, -0.2) is 4.98 Å². The summed E-state index contributed by atoms with van der Waals surface area (Å²) >= 11 is 0. The smallest absolute Gasteiger partial charge is 0.313 e. The van der Waals surface area contributed by atoms with Crippen molar-refractivity contribution in [3.8, 4) is 0 Å². The highest BCUT2D eigenvalue weighted by molar-refractivity contribution is 6.39. The average Bonchev–Trinajstić information content (AvgIpc) is 2.73. The van der Waals surface area contributed by atoms with Crippen LogP contribution in [0.25, 0.3) is 0 Å². The number of amides is 3.